The van der Waals surface area contributed by atoms with Gasteiger partial charge >= 0.3 is 0 Å². The molecule has 3 rings (SSSR count). The first-order valence-electron chi connectivity index (χ1n) is 8.61. The van der Waals surface area contributed by atoms with Crippen LogP contribution in [-0.2, 0) is 11.3 Å². The van der Waals surface area contributed by atoms with Crippen LogP contribution >= 0.6 is 0 Å². The molecule has 0 aliphatic carbocycles. The molecule has 1 amide bonds. The number of nitrogens with one attached hydrogen (secondary N) is 1. The maximum absolute atomic E-state index is 12.6. The lowest BCUT2D eigenvalue weighted by atomic mass is 9.96. The number of para-hydroxylation sites is 1. The highest BCUT2D eigenvalue weighted by molar-refractivity contribution is 5.79. The number of carbonyl (C=O) groups is 1. The van der Waals surface area contributed by atoms with Gasteiger partial charge in [0.25, 0.3) is 0 Å². The normalized spacial score (nSPS) is 20.5. The minimum Gasteiger partial charge on any atom is -0.496 e. The van der Waals surface area contributed by atoms with Crippen molar-refractivity contribution in [3.05, 3.63) is 29.8 Å². The van der Waals surface area contributed by atoms with Gasteiger partial charge in [-0.15, -0.1) is 0 Å². The van der Waals surface area contributed by atoms with Gasteiger partial charge in [-0.2, -0.15) is 0 Å². The molecule has 2 heterocycles. The van der Waals surface area contributed by atoms with Crippen LogP contribution in [0, 0.1) is 5.92 Å². The summed E-state index contributed by atoms with van der Waals surface area (Å²) in [5.41, 5.74) is 1.22. The van der Waals surface area contributed by atoms with Gasteiger partial charge in [0.2, 0.25) is 5.91 Å². The van der Waals surface area contributed by atoms with Crippen molar-refractivity contribution in [2.75, 3.05) is 46.4 Å². The van der Waals surface area contributed by atoms with E-state index in [0.717, 1.165) is 64.4 Å². The summed E-state index contributed by atoms with van der Waals surface area (Å²) in [5.74, 6) is 1.54. The minimum absolute atomic E-state index is 0.233. The lowest BCUT2D eigenvalue weighted by Crippen LogP contribution is -2.51. The van der Waals surface area contributed by atoms with E-state index < -0.39 is 0 Å². The molecule has 0 bridgehead atoms. The van der Waals surface area contributed by atoms with Crippen molar-refractivity contribution < 1.29 is 9.53 Å². The van der Waals surface area contributed by atoms with Crippen LogP contribution in [0.5, 0.6) is 5.75 Å². The fraction of sp³-hybridized carbons (Fsp3) is 0.611. The van der Waals surface area contributed by atoms with E-state index >= 15 is 0 Å². The lowest BCUT2D eigenvalue weighted by molar-refractivity contribution is -0.138. The number of ether oxygens (including phenoxy) is 1. The molecule has 1 aromatic carbocycles. The summed E-state index contributed by atoms with van der Waals surface area (Å²) in [4.78, 5) is 17.0. The molecular formula is C18H27N3O2. The van der Waals surface area contributed by atoms with Crippen molar-refractivity contribution in [1.82, 2.24) is 15.1 Å². The van der Waals surface area contributed by atoms with Crippen LogP contribution in [0.1, 0.15) is 18.4 Å². The average molecular weight is 317 g/mol. The second-order valence-electron chi connectivity index (χ2n) is 6.44. The third-order valence-corrected chi connectivity index (χ3v) is 4.96. The molecule has 0 spiro atoms. The SMILES string of the molecule is COc1ccccc1CN1CCN(C(=O)C2CCNCC2)CC1. The Morgan fingerprint density at radius 1 is 1.17 bits per heavy atom. The Morgan fingerprint density at radius 2 is 1.87 bits per heavy atom. The minimum atomic E-state index is 0.233. The number of rotatable bonds is 4. The highest BCUT2D eigenvalue weighted by atomic mass is 16.5. The Balaban J connectivity index is 1.51. The van der Waals surface area contributed by atoms with Crippen molar-refractivity contribution in [2.45, 2.75) is 19.4 Å². The highest BCUT2D eigenvalue weighted by Gasteiger charge is 2.28. The topological polar surface area (TPSA) is 44.8 Å². The van der Waals surface area contributed by atoms with Gasteiger partial charge in [-0.3, -0.25) is 9.69 Å². The van der Waals surface area contributed by atoms with E-state index in [9.17, 15) is 4.79 Å². The van der Waals surface area contributed by atoms with Gasteiger partial charge in [-0.1, -0.05) is 18.2 Å². The van der Waals surface area contributed by atoms with Crippen molar-refractivity contribution in [3.8, 4) is 5.75 Å². The average Bonchev–Trinajstić information content (AvgIpc) is 2.63. The van der Waals surface area contributed by atoms with Gasteiger partial charge in [0.1, 0.15) is 5.75 Å². The Labute approximate surface area is 138 Å². The van der Waals surface area contributed by atoms with Crippen molar-refractivity contribution in [1.29, 1.82) is 0 Å². The summed E-state index contributed by atoms with van der Waals surface area (Å²) < 4.78 is 5.43. The molecule has 0 saturated carbocycles. The molecule has 5 heteroatoms. The van der Waals surface area contributed by atoms with Gasteiger partial charge in [-0.25, -0.2) is 0 Å². The fourth-order valence-electron chi connectivity index (χ4n) is 3.53. The number of nitrogens with zero attached hydrogens (tertiary/aromatic N) is 2. The predicted octanol–water partition coefficient (Wildman–Crippen LogP) is 1.34. The molecule has 2 aliphatic rings. The van der Waals surface area contributed by atoms with Crippen LogP contribution in [0.2, 0.25) is 0 Å². The molecule has 126 valence electrons. The molecule has 5 nitrogen and oxygen atoms in total. The maximum atomic E-state index is 12.6. The third kappa shape index (κ3) is 4.03. The number of hydrogen-bond acceptors (Lipinski definition) is 4. The standard InChI is InChI=1S/C18H27N3O2/c1-23-17-5-3-2-4-16(17)14-20-10-12-21(13-11-20)18(22)15-6-8-19-9-7-15/h2-5,15,19H,6-14H2,1H3. The number of methoxy groups -OCH3 is 1. The monoisotopic (exact) mass is 317 g/mol. The molecular weight excluding hydrogens is 290 g/mol. The van der Waals surface area contributed by atoms with E-state index in [1.165, 1.54) is 5.56 Å². The van der Waals surface area contributed by atoms with Crippen LogP contribution in [0.3, 0.4) is 0 Å². The van der Waals surface area contributed by atoms with E-state index in [2.05, 4.69) is 27.2 Å². The molecule has 1 N–H and O–H groups in total. The smallest absolute Gasteiger partial charge is 0.225 e. The van der Waals surface area contributed by atoms with Gasteiger partial charge in [0.15, 0.2) is 0 Å². The van der Waals surface area contributed by atoms with E-state index in [-0.39, 0.29) is 5.92 Å². The quantitative estimate of drug-likeness (QED) is 0.910. The molecule has 23 heavy (non-hydrogen) atoms. The largest absolute Gasteiger partial charge is 0.496 e. The number of piperidine rings is 1. The molecule has 2 fully saturated rings. The molecule has 2 saturated heterocycles. The van der Waals surface area contributed by atoms with E-state index in [1.54, 1.807) is 7.11 Å². The van der Waals surface area contributed by atoms with Gasteiger partial charge in [0, 0.05) is 44.2 Å². The molecule has 0 atom stereocenters. The maximum Gasteiger partial charge on any atom is 0.225 e. The fourth-order valence-corrected chi connectivity index (χ4v) is 3.53. The summed E-state index contributed by atoms with van der Waals surface area (Å²) in [5, 5.41) is 3.33. The Morgan fingerprint density at radius 3 is 2.57 bits per heavy atom. The van der Waals surface area contributed by atoms with Crippen molar-refractivity contribution in [2.24, 2.45) is 5.92 Å². The first-order valence-corrected chi connectivity index (χ1v) is 8.61. The van der Waals surface area contributed by atoms with E-state index in [4.69, 9.17) is 4.74 Å². The lowest BCUT2D eigenvalue weighted by Gasteiger charge is -2.37. The summed E-state index contributed by atoms with van der Waals surface area (Å²) in [6, 6.07) is 8.17. The van der Waals surface area contributed by atoms with E-state index in [0.29, 0.717) is 5.91 Å². The first kappa shape index (κ1) is 16.3. The van der Waals surface area contributed by atoms with Crippen LogP contribution in [0.15, 0.2) is 24.3 Å². The summed E-state index contributed by atoms with van der Waals surface area (Å²) in [7, 11) is 1.72. The van der Waals surface area contributed by atoms with Crippen LogP contribution in [0.25, 0.3) is 0 Å². The number of piperazine rings is 1. The van der Waals surface area contributed by atoms with Crippen LogP contribution in [0.4, 0.5) is 0 Å². The molecule has 2 aliphatic heterocycles. The summed E-state index contributed by atoms with van der Waals surface area (Å²) in [6.07, 6.45) is 1.97. The van der Waals surface area contributed by atoms with Crippen molar-refractivity contribution in [3.63, 3.8) is 0 Å². The second-order valence-corrected chi connectivity index (χ2v) is 6.44. The number of hydrogen-bond donors (Lipinski definition) is 1. The summed E-state index contributed by atoms with van der Waals surface area (Å²) in [6.45, 7) is 6.41. The van der Waals surface area contributed by atoms with Gasteiger partial charge < -0.3 is 15.0 Å². The molecule has 1 aromatic rings. The number of benzene rings is 1. The van der Waals surface area contributed by atoms with Gasteiger partial charge in [0.05, 0.1) is 7.11 Å². The Kier molecular flexibility index (Phi) is 5.51. The highest BCUT2D eigenvalue weighted by Crippen LogP contribution is 2.21. The second kappa shape index (κ2) is 7.79. The Hall–Kier alpha value is -1.59. The number of carbonyl (C=O) groups excluding carboxylic acids is 1. The zero-order chi connectivity index (χ0) is 16.1. The van der Waals surface area contributed by atoms with Crippen molar-refractivity contribution >= 4 is 5.91 Å². The first-order chi connectivity index (χ1) is 11.3. The molecule has 0 unspecified atom stereocenters. The van der Waals surface area contributed by atoms with Crippen LogP contribution < -0.4 is 10.1 Å². The molecule has 0 radical (unpaired) electrons. The van der Waals surface area contributed by atoms with E-state index in [1.807, 2.05) is 12.1 Å². The predicted molar refractivity (Wildman–Crippen MR) is 90.4 cm³/mol. The Bertz CT molecular complexity index is 521. The third-order valence-electron chi connectivity index (χ3n) is 4.96. The zero-order valence-electron chi connectivity index (χ0n) is 14.0. The number of amides is 1. The van der Waals surface area contributed by atoms with Crippen LogP contribution in [-0.4, -0.2) is 62.1 Å². The summed E-state index contributed by atoms with van der Waals surface area (Å²) >= 11 is 0. The molecule has 0 aromatic heterocycles. The van der Waals surface area contributed by atoms with Gasteiger partial charge in [-0.05, 0) is 32.0 Å². The zero-order valence-corrected chi connectivity index (χ0v) is 14.0.